The molecule has 0 fully saturated rings. The first-order valence-electron chi connectivity index (χ1n) is 7.35. The highest BCUT2D eigenvalue weighted by Gasteiger charge is 2.25. The van der Waals surface area contributed by atoms with Crippen LogP contribution in [0.15, 0.2) is 42.5 Å². The summed E-state index contributed by atoms with van der Waals surface area (Å²) >= 11 is 0. The smallest absolute Gasteiger partial charge is 0.101 e. The summed E-state index contributed by atoms with van der Waals surface area (Å²) in [6, 6.07) is 17.1. The maximum atomic E-state index is 9.49. The fourth-order valence-electron chi connectivity index (χ4n) is 3.07. The Kier molecular flexibility index (Phi) is 3.64. The van der Waals surface area contributed by atoms with Gasteiger partial charge in [0.2, 0.25) is 0 Å². The number of fused-ring (bicyclic) bond motifs is 1. The van der Waals surface area contributed by atoms with E-state index in [1.54, 1.807) is 0 Å². The summed E-state index contributed by atoms with van der Waals surface area (Å²) in [6.45, 7) is 2.68. The fourth-order valence-corrected chi connectivity index (χ4v) is 3.07. The summed E-state index contributed by atoms with van der Waals surface area (Å²) in [5.41, 5.74) is 10.9. The van der Waals surface area contributed by atoms with Gasteiger partial charge in [-0.1, -0.05) is 24.3 Å². The predicted molar refractivity (Wildman–Crippen MR) is 85.4 cm³/mol. The number of aryl methyl sites for hydroxylation is 1. The number of nitrogens with zero attached hydrogens (tertiary/aromatic N) is 2. The molecule has 0 radical (unpaired) electrons. The Labute approximate surface area is 125 Å². The Hall–Kier alpha value is -2.31. The second kappa shape index (κ2) is 5.59. The molecule has 1 heterocycles. The van der Waals surface area contributed by atoms with E-state index in [9.17, 15) is 5.26 Å². The third-order valence-electron chi connectivity index (χ3n) is 4.20. The first-order valence-corrected chi connectivity index (χ1v) is 7.35. The van der Waals surface area contributed by atoms with Gasteiger partial charge in [0.05, 0.1) is 11.3 Å². The van der Waals surface area contributed by atoms with Gasteiger partial charge in [-0.2, -0.15) is 5.26 Å². The molecular weight excluding hydrogens is 258 g/mol. The first-order chi connectivity index (χ1) is 10.2. The molecule has 2 aromatic carbocycles. The van der Waals surface area contributed by atoms with Gasteiger partial charge in [0.1, 0.15) is 6.07 Å². The van der Waals surface area contributed by atoms with Crippen molar-refractivity contribution in [1.82, 2.24) is 0 Å². The van der Waals surface area contributed by atoms with Crippen LogP contribution in [0.2, 0.25) is 0 Å². The van der Waals surface area contributed by atoms with Crippen LogP contribution in [0.4, 0.5) is 11.4 Å². The van der Waals surface area contributed by atoms with Crippen LogP contribution in [0.3, 0.4) is 0 Å². The van der Waals surface area contributed by atoms with E-state index >= 15 is 0 Å². The molecule has 0 aromatic heterocycles. The summed E-state index contributed by atoms with van der Waals surface area (Å²) in [5.74, 6) is 0. The zero-order valence-electron chi connectivity index (χ0n) is 12.2. The molecular formula is C18H19N3. The van der Waals surface area contributed by atoms with Crippen LogP contribution in [0.1, 0.15) is 30.0 Å². The van der Waals surface area contributed by atoms with Crippen LogP contribution in [0.5, 0.6) is 0 Å². The average molecular weight is 277 g/mol. The Bertz CT molecular complexity index is 700. The molecule has 1 aliphatic heterocycles. The standard InChI is InChI=1S/C18H19N3/c1-13-6-8-15-4-2-3-5-17(15)21(13)18-9-7-14(11-19)10-16(18)12-20/h2-5,7,9-10,13H,6,8,11,19H2,1H3. The van der Waals surface area contributed by atoms with Gasteiger partial charge >= 0.3 is 0 Å². The predicted octanol–water partition coefficient (Wildman–Crippen LogP) is 3.49. The third-order valence-corrected chi connectivity index (χ3v) is 4.20. The van der Waals surface area contributed by atoms with Crippen LogP contribution in [0, 0.1) is 11.3 Å². The summed E-state index contributed by atoms with van der Waals surface area (Å²) in [5, 5.41) is 9.49. The van der Waals surface area contributed by atoms with Crippen LogP contribution in [-0.4, -0.2) is 6.04 Å². The highest BCUT2D eigenvalue weighted by Crippen LogP contribution is 2.38. The zero-order chi connectivity index (χ0) is 14.8. The molecule has 1 unspecified atom stereocenters. The van der Waals surface area contributed by atoms with Gasteiger partial charge in [0, 0.05) is 18.3 Å². The lowest BCUT2D eigenvalue weighted by atomic mass is 9.95. The molecule has 21 heavy (non-hydrogen) atoms. The largest absolute Gasteiger partial charge is 0.337 e. The van der Waals surface area contributed by atoms with Gasteiger partial charge in [0.15, 0.2) is 0 Å². The number of benzene rings is 2. The van der Waals surface area contributed by atoms with Gasteiger partial charge < -0.3 is 10.6 Å². The van der Waals surface area contributed by atoms with E-state index in [0.29, 0.717) is 18.2 Å². The molecule has 106 valence electrons. The Balaban J connectivity index is 2.14. The van der Waals surface area contributed by atoms with E-state index in [4.69, 9.17) is 5.73 Å². The Morgan fingerprint density at radius 1 is 1.24 bits per heavy atom. The second-order valence-corrected chi connectivity index (χ2v) is 5.55. The average Bonchev–Trinajstić information content (AvgIpc) is 2.54. The SMILES string of the molecule is CC1CCc2ccccc2N1c1ccc(CN)cc1C#N. The lowest BCUT2D eigenvalue weighted by molar-refractivity contribution is 0.618. The van der Waals surface area contributed by atoms with Gasteiger partial charge in [0.25, 0.3) is 0 Å². The maximum absolute atomic E-state index is 9.49. The normalized spacial score (nSPS) is 17.2. The molecule has 2 N–H and O–H groups in total. The minimum Gasteiger partial charge on any atom is -0.337 e. The molecule has 0 saturated heterocycles. The van der Waals surface area contributed by atoms with Crippen LogP contribution in [0.25, 0.3) is 0 Å². The lowest BCUT2D eigenvalue weighted by Gasteiger charge is -2.37. The Morgan fingerprint density at radius 3 is 2.81 bits per heavy atom. The molecule has 0 aliphatic carbocycles. The van der Waals surface area contributed by atoms with Crippen molar-refractivity contribution in [1.29, 1.82) is 5.26 Å². The summed E-state index contributed by atoms with van der Waals surface area (Å²) < 4.78 is 0. The van der Waals surface area contributed by atoms with E-state index in [1.165, 1.54) is 11.3 Å². The van der Waals surface area contributed by atoms with Crippen molar-refractivity contribution in [3.63, 3.8) is 0 Å². The fraction of sp³-hybridized carbons (Fsp3) is 0.278. The van der Waals surface area contributed by atoms with Crippen molar-refractivity contribution >= 4 is 11.4 Å². The molecule has 1 atom stereocenters. The third kappa shape index (κ3) is 2.39. The molecule has 0 saturated carbocycles. The molecule has 0 amide bonds. The van der Waals surface area contributed by atoms with Gasteiger partial charge in [-0.05, 0) is 49.1 Å². The minimum absolute atomic E-state index is 0.385. The summed E-state index contributed by atoms with van der Waals surface area (Å²) in [4.78, 5) is 2.29. The molecule has 2 aromatic rings. The highest BCUT2D eigenvalue weighted by atomic mass is 15.2. The number of anilines is 2. The summed E-state index contributed by atoms with van der Waals surface area (Å²) in [6.07, 6.45) is 2.19. The first kappa shape index (κ1) is 13.7. The van der Waals surface area contributed by atoms with Crippen molar-refractivity contribution in [2.75, 3.05) is 4.90 Å². The minimum atomic E-state index is 0.385. The van der Waals surface area contributed by atoms with Gasteiger partial charge in [-0.25, -0.2) is 0 Å². The van der Waals surface area contributed by atoms with Gasteiger partial charge in [-0.3, -0.25) is 0 Å². The van der Waals surface area contributed by atoms with Crippen molar-refractivity contribution < 1.29 is 0 Å². The monoisotopic (exact) mass is 277 g/mol. The molecule has 3 rings (SSSR count). The van der Waals surface area contributed by atoms with E-state index in [1.807, 2.05) is 18.2 Å². The summed E-state index contributed by atoms with van der Waals surface area (Å²) in [7, 11) is 0. The van der Waals surface area contributed by atoms with Crippen molar-refractivity contribution in [2.45, 2.75) is 32.4 Å². The molecule has 3 heteroatoms. The second-order valence-electron chi connectivity index (χ2n) is 5.55. The van der Waals surface area contributed by atoms with Crippen molar-refractivity contribution in [3.05, 3.63) is 59.2 Å². The number of nitrogens with two attached hydrogens (primary N) is 1. The number of para-hydroxylation sites is 1. The maximum Gasteiger partial charge on any atom is 0.101 e. The molecule has 1 aliphatic rings. The van der Waals surface area contributed by atoms with E-state index < -0.39 is 0 Å². The quantitative estimate of drug-likeness (QED) is 0.914. The number of nitriles is 1. The number of hydrogen-bond acceptors (Lipinski definition) is 3. The van der Waals surface area contributed by atoms with Crippen molar-refractivity contribution in [2.24, 2.45) is 5.73 Å². The molecule has 3 nitrogen and oxygen atoms in total. The van der Waals surface area contributed by atoms with E-state index in [0.717, 1.165) is 24.1 Å². The van der Waals surface area contributed by atoms with E-state index in [2.05, 4.69) is 42.2 Å². The zero-order valence-corrected chi connectivity index (χ0v) is 12.2. The topological polar surface area (TPSA) is 53.0 Å². The highest BCUT2D eigenvalue weighted by molar-refractivity contribution is 5.73. The van der Waals surface area contributed by atoms with Crippen LogP contribution < -0.4 is 10.6 Å². The van der Waals surface area contributed by atoms with E-state index in [-0.39, 0.29) is 0 Å². The van der Waals surface area contributed by atoms with Crippen LogP contribution in [-0.2, 0) is 13.0 Å². The molecule has 0 spiro atoms. The van der Waals surface area contributed by atoms with Gasteiger partial charge in [-0.15, -0.1) is 0 Å². The lowest BCUT2D eigenvalue weighted by Crippen LogP contribution is -2.33. The Morgan fingerprint density at radius 2 is 2.05 bits per heavy atom. The van der Waals surface area contributed by atoms with Crippen LogP contribution >= 0.6 is 0 Å². The number of rotatable bonds is 2. The molecule has 0 bridgehead atoms. The van der Waals surface area contributed by atoms with Crippen molar-refractivity contribution in [3.8, 4) is 6.07 Å². The number of hydrogen-bond donors (Lipinski definition) is 1.